The number of halogens is 4. The molecule has 4 rings (SSSR count). The molecule has 0 radical (unpaired) electrons. The number of hydrogen-bond acceptors (Lipinski definition) is 4. The molecule has 0 unspecified atom stereocenters. The summed E-state index contributed by atoms with van der Waals surface area (Å²) >= 11 is 23.2. The Labute approximate surface area is 194 Å². The Morgan fingerprint density at radius 1 is 1.03 bits per heavy atom. The number of allylic oxidation sites excluding steroid dienone is 1. The topological polar surface area (TPSA) is 49.6 Å². The first-order valence-corrected chi connectivity index (χ1v) is 11.0. The molecule has 4 aromatic rings. The first-order chi connectivity index (χ1) is 13.9. The summed E-state index contributed by atoms with van der Waals surface area (Å²) in [6.45, 7) is 0. The average molecular weight is 522 g/mol. The van der Waals surface area contributed by atoms with Gasteiger partial charge in [0.2, 0.25) is 0 Å². The van der Waals surface area contributed by atoms with Gasteiger partial charge in [-0.05, 0) is 42.5 Å². The Kier molecular flexibility index (Phi) is 5.91. The lowest BCUT2D eigenvalue weighted by atomic mass is 10.1. The molecule has 2 aromatic heterocycles. The molecule has 2 aromatic carbocycles. The number of benzene rings is 2. The molecule has 0 aliphatic heterocycles. The molecule has 0 N–H and O–H groups in total. The van der Waals surface area contributed by atoms with Crippen molar-refractivity contribution >= 4 is 84.6 Å². The molecule has 0 amide bonds. The fourth-order valence-electron chi connectivity index (χ4n) is 2.72. The number of rotatable bonds is 3. The van der Waals surface area contributed by atoms with E-state index >= 15 is 0 Å². The summed E-state index contributed by atoms with van der Waals surface area (Å²) in [7, 11) is 0. The van der Waals surface area contributed by atoms with Gasteiger partial charge in [0, 0.05) is 26.4 Å². The maximum atomic E-state index is 9.69. The normalized spacial score (nSPS) is 11.6. The molecular formula is C21H9BrCl3N3S. The number of pyridine rings is 1. The molecule has 0 fully saturated rings. The van der Waals surface area contributed by atoms with Gasteiger partial charge < -0.3 is 0 Å². The van der Waals surface area contributed by atoms with Crippen LogP contribution in [0, 0.1) is 11.3 Å². The first kappa shape index (κ1) is 20.3. The van der Waals surface area contributed by atoms with E-state index < -0.39 is 0 Å². The van der Waals surface area contributed by atoms with Gasteiger partial charge in [-0.15, -0.1) is 11.3 Å². The van der Waals surface area contributed by atoms with Gasteiger partial charge in [-0.1, -0.05) is 56.8 Å². The SMILES string of the molecule is N#C/C(=C/c1cc2cc(Br)ccc2nc1Cl)c1nc(-c2ccc(Cl)c(Cl)c2)cs1. The summed E-state index contributed by atoms with van der Waals surface area (Å²) < 4.78 is 0.941. The van der Waals surface area contributed by atoms with Crippen LogP contribution in [0.5, 0.6) is 0 Å². The van der Waals surface area contributed by atoms with E-state index in [2.05, 4.69) is 32.0 Å². The van der Waals surface area contributed by atoms with Crippen LogP contribution < -0.4 is 0 Å². The summed E-state index contributed by atoms with van der Waals surface area (Å²) in [6, 6.07) is 15.2. The summed E-state index contributed by atoms with van der Waals surface area (Å²) in [5, 5.41) is 14.3. The number of thiazole rings is 1. The van der Waals surface area contributed by atoms with Gasteiger partial charge in [-0.3, -0.25) is 0 Å². The van der Waals surface area contributed by atoms with Crippen molar-refractivity contribution in [3.05, 3.63) is 78.1 Å². The van der Waals surface area contributed by atoms with Crippen LogP contribution in [0.2, 0.25) is 15.2 Å². The minimum atomic E-state index is 0.328. The van der Waals surface area contributed by atoms with Crippen molar-refractivity contribution in [2.24, 2.45) is 0 Å². The summed E-state index contributed by atoms with van der Waals surface area (Å²) in [6.07, 6.45) is 1.70. The van der Waals surface area contributed by atoms with E-state index in [9.17, 15) is 5.26 Å². The minimum absolute atomic E-state index is 0.328. The fraction of sp³-hybridized carbons (Fsp3) is 0. The second-order valence-electron chi connectivity index (χ2n) is 6.04. The molecule has 0 saturated heterocycles. The zero-order valence-electron chi connectivity index (χ0n) is 14.5. The van der Waals surface area contributed by atoms with E-state index in [0.717, 1.165) is 26.6 Å². The third-order valence-corrected chi connectivity index (χ3v) is 6.54. The largest absolute Gasteiger partial charge is 0.235 e. The van der Waals surface area contributed by atoms with Gasteiger partial charge in [0.15, 0.2) is 0 Å². The van der Waals surface area contributed by atoms with E-state index in [1.165, 1.54) is 11.3 Å². The summed E-state index contributed by atoms with van der Waals surface area (Å²) in [4.78, 5) is 8.99. The van der Waals surface area contributed by atoms with E-state index in [4.69, 9.17) is 34.8 Å². The van der Waals surface area contributed by atoms with Gasteiger partial charge in [0.05, 0.1) is 26.8 Å². The maximum absolute atomic E-state index is 9.69. The molecule has 0 aliphatic rings. The molecular weight excluding hydrogens is 513 g/mol. The van der Waals surface area contributed by atoms with Crippen LogP contribution in [0.1, 0.15) is 10.6 Å². The highest BCUT2D eigenvalue weighted by Crippen LogP contribution is 2.32. The van der Waals surface area contributed by atoms with Crippen LogP contribution in [0.4, 0.5) is 0 Å². The van der Waals surface area contributed by atoms with Crippen molar-refractivity contribution in [1.29, 1.82) is 5.26 Å². The molecule has 0 saturated carbocycles. The van der Waals surface area contributed by atoms with Gasteiger partial charge in [0.1, 0.15) is 16.2 Å². The standard InChI is InChI=1S/C21H9BrCl3N3S/c22-15-2-4-18-12(7-15)5-13(20(25)27-18)6-14(9-26)21-28-19(10-29-21)11-1-3-16(23)17(24)8-11/h1-8,10H/b14-6-. The van der Waals surface area contributed by atoms with Crippen molar-refractivity contribution < 1.29 is 0 Å². The molecule has 0 spiro atoms. The third-order valence-electron chi connectivity index (χ3n) is 4.13. The number of nitrogens with zero attached hydrogens (tertiary/aromatic N) is 3. The minimum Gasteiger partial charge on any atom is -0.235 e. The predicted octanol–water partition coefficient (Wildman–Crippen LogP) is 8.15. The van der Waals surface area contributed by atoms with E-state index in [1.54, 1.807) is 18.2 Å². The van der Waals surface area contributed by atoms with Crippen LogP contribution in [0.25, 0.3) is 33.8 Å². The van der Waals surface area contributed by atoms with Gasteiger partial charge >= 0.3 is 0 Å². The van der Waals surface area contributed by atoms with Crippen molar-refractivity contribution in [2.45, 2.75) is 0 Å². The Hall–Kier alpha value is -1.94. The summed E-state index contributed by atoms with van der Waals surface area (Å²) in [5.74, 6) is 0. The highest BCUT2D eigenvalue weighted by atomic mass is 79.9. The number of aromatic nitrogens is 2. The molecule has 8 heteroatoms. The van der Waals surface area contributed by atoms with Crippen molar-refractivity contribution in [1.82, 2.24) is 9.97 Å². The zero-order valence-corrected chi connectivity index (χ0v) is 19.1. The van der Waals surface area contributed by atoms with Crippen LogP contribution in [-0.4, -0.2) is 9.97 Å². The van der Waals surface area contributed by atoms with Gasteiger partial charge in [-0.25, -0.2) is 9.97 Å². The van der Waals surface area contributed by atoms with Crippen LogP contribution in [-0.2, 0) is 0 Å². The zero-order chi connectivity index (χ0) is 20.5. The smallest absolute Gasteiger partial charge is 0.137 e. The molecule has 3 nitrogen and oxygen atoms in total. The van der Waals surface area contributed by atoms with Crippen molar-refractivity contribution in [2.75, 3.05) is 0 Å². The van der Waals surface area contributed by atoms with E-state index in [0.29, 0.717) is 31.3 Å². The second kappa shape index (κ2) is 8.43. The number of nitriles is 1. The lowest BCUT2D eigenvalue weighted by molar-refractivity contribution is 1.36. The van der Waals surface area contributed by atoms with Crippen LogP contribution in [0.3, 0.4) is 0 Å². The van der Waals surface area contributed by atoms with Crippen molar-refractivity contribution in [3.8, 4) is 17.3 Å². The van der Waals surface area contributed by atoms with Crippen molar-refractivity contribution in [3.63, 3.8) is 0 Å². The first-order valence-electron chi connectivity index (χ1n) is 8.23. The molecule has 0 aliphatic carbocycles. The average Bonchev–Trinajstić information content (AvgIpc) is 3.18. The van der Waals surface area contributed by atoms with E-state index in [-0.39, 0.29) is 0 Å². The highest BCUT2D eigenvalue weighted by molar-refractivity contribution is 9.10. The molecule has 29 heavy (non-hydrogen) atoms. The fourth-order valence-corrected chi connectivity index (χ4v) is 4.40. The summed E-state index contributed by atoms with van der Waals surface area (Å²) in [5.41, 5.74) is 3.38. The highest BCUT2D eigenvalue weighted by Gasteiger charge is 2.12. The van der Waals surface area contributed by atoms with Gasteiger partial charge in [0.25, 0.3) is 0 Å². The Bertz CT molecular complexity index is 1320. The molecule has 142 valence electrons. The van der Waals surface area contributed by atoms with E-state index in [1.807, 2.05) is 35.7 Å². The second-order valence-corrected chi connectivity index (χ2v) is 8.99. The Balaban J connectivity index is 1.74. The molecule has 0 bridgehead atoms. The van der Waals surface area contributed by atoms with Crippen LogP contribution in [0.15, 0.2) is 52.3 Å². The quantitative estimate of drug-likeness (QED) is 0.202. The van der Waals surface area contributed by atoms with Crippen LogP contribution >= 0.6 is 62.1 Å². The number of hydrogen-bond donors (Lipinski definition) is 0. The maximum Gasteiger partial charge on any atom is 0.137 e. The monoisotopic (exact) mass is 519 g/mol. The Morgan fingerprint density at radius 2 is 1.86 bits per heavy atom. The molecule has 2 heterocycles. The third kappa shape index (κ3) is 4.32. The Morgan fingerprint density at radius 3 is 2.62 bits per heavy atom. The lowest BCUT2D eigenvalue weighted by Crippen LogP contribution is -1.87. The number of fused-ring (bicyclic) bond motifs is 1. The molecule has 0 atom stereocenters. The predicted molar refractivity (Wildman–Crippen MR) is 126 cm³/mol. The lowest BCUT2D eigenvalue weighted by Gasteiger charge is -2.03. The van der Waals surface area contributed by atoms with Gasteiger partial charge in [-0.2, -0.15) is 5.26 Å².